The zero-order valence-corrected chi connectivity index (χ0v) is 25.0. The molecule has 0 radical (unpaired) electrons. The largest absolute Gasteiger partial charge is 0.472 e. The van der Waals surface area contributed by atoms with E-state index in [9.17, 15) is 13.2 Å². The number of likely N-dealkylation sites (tertiary alicyclic amines) is 1. The van der Waals surface area contributed by atoms with Gasteiger partial charge in [0.1, 0.15) is 34.3 Å². The Hall–Kier alpha value is -3.56. The first kappa shape index (κ1) is 28.9. The van der Waals surface area contributed by atoms with E-state index in [4.69, 9.17) is 24.9 Å². The zero-order chi connectivity index (χ0) is 31.2. The van der Waals surface area contributed by atoms with Gasteiger partial charge in [0, 0.05) is 49.7 Å². The number of hydrogen-bond acceptors (Lipinski definition) is 11. The van der Waals surface area contributed by atoms with Crippen LogP contribution in [-0.2, 0) is 10.9 Å². The van der Waals surface area contributed by atoms with Gasteiger partial charge in [-0.3, -0.25) is 4.90 Å². The summed E-state index contributed by atoms with van der Waals surface area (Å²) in [5.74, 6) is -0.896. The van der Waals surface area contributed by atoms with Gasteiger partial charge in [-0.15, -0.1) is 0 Å². The van der Waals surface area contributed by atoms with Gasteiger partial charge in [-0.05, 0) is 39.2 Å². The third-order valence-electron chi connectivity index (χ3n) is 9.88. The summed E-state index contributed by atoms with van der Waals surface area (Å²) in [7, 11) is 0. The van der Waals surface area contributed by atoms with Crippen molar-refractivity contribution in [3.8, 4) is 23.1 Å². The molecule has 0 aromatic carbocycles. The first-order valence-corrected chi connectivity index (χ1v) is 15.4. The molecular weight excluding hydrogens is 596 g/mol. The number of nitrogens with one attached hydrogen (secondary N) is 1. The number of nitrogen functional groups attached to an aromatic ring is 1. The van der Waals surface area contributed by atoms with Crippen molar-refractivity contribution in [1.29, 1.82) is 0 Å². The summed E-state index contributed by atoms with van der Waals surface area (Å²) < 4.78 is 77.8. The van der Waals surface area contributed by atoms with Crippen LogP contribution in [0.1, 0.15) is 37.4 Å². The highest BCUT2D eigenvalue weighted by atomic mass is 19.4. The van der Waals surface area contributed by atoms with E-state index in [0.29, 0.717) is 44.2 Å². The zero-order valence-electron chi connectivity index (χ0n) is 25.0. The monoisotopic (exact) mass is 630 g/mol. The van der Waals surface area contributed by atoms with Crippen LogP contribution in [0.3, 0.4) is 0 Å². The standard InChI is InChI=1S/C30H34F4N8O3/c1-14-22(30(32,33)34)18(8-20(35)37-14)24-23(31)25-21-26(42-6-5-36-9-19(42)15(2)45-27(21)38-24)40-28(39-25)44-13-29(3-4-29)12-41-10-17-7-16(41)11-43-17/h8,15-17,19,36H,3-7,9-13H2,1-2H3,(H2,35,37)/t15-,16+,17+,19-/m0/s1. The maximum atomic E-state index is 16.6. The van der Waals surface area contributed by atoms with Crippen molar-refractivity contribution in [2.45, 2.75) is 63.6 Å². The molecule has 3 saturated heterocycles. The Morgan fingerprint density at radius 3 is 2.73 bits per heavy atom. The van der Waals surface area contributed by atoms with Gasteiger partial charge < -0.3 is 30.2 Å². The SMILES string of the molecule is Cc1nc(N)cc(-c2nc3c4c(nc(OCC5(CN6C[C@H]7C[C@@H]6CO7)CC5)nc4c2F)N2CCNC[C@H]2[C@H](C)O3)c1C(F)(F)F. The minimum Gasteiger partial charge on any atom is -0.472 e. The van der Waals surface area contributed by atoms with Gasteiger partial charge in [-0.25, -0.2) is 14.4 Å². The molecule has 240 valence electrons. The molecule has 1 saturated carbocycles. The Bertz CT molecular complexity index is 1690. The number of morpholine rings is 1. The number of alkyl halides is 3. The van der Waals surface area contributed by atoms with Crippen LogP contribution in [0, 0.1) is 18.2 Å². The number of aromatic nitrogens is 4. The predicted molar refractivity (Wildman–Crippen MR) is 156 cm³/mol. The predicted octanol–water partition coefficient (Wildman–Crippen LogP) is 3.33. The topological polar surface area (TPSA) is 124 Å². The number of aryl methyl sites for hydroxylation is 1. The van der Waals surface area contributed by atoms with Gasteiger partial charge in [-0.2, -0.15) is 23.1 Å². The van der Waals surface area contributed by atoms with Crippen molar-refractivity contribution in [3.63, 3.8) is 0 Å². The molecule has 4 atom stereocenters. The number of halogens is 4. The van der Waals surface area contributed by atoms with Crippen LogP contribution in [0.4, 0.5) is 29.2 Å². The molecule has 45 heavy (non-hydrogen) atoms. The number of pyridine rings is 2. The van der Waals surface area contributed by atoms with Crippen LogP contribution in [0.5, 0.6) is 11.9 Å². The van der Waals surface area contributed by atoms with Crippen LogP contribution in [0.25, 0.3) is 22.2 Å². The molecule has 7 heterocycles. The molecule has 11 nitrogen and oxygen atoms in total. The van der Waals surface area contributed by atoms with Crippen molar-refractivity contribution >= 4 is 22.5 Å². The molecule has 4 fully saturated rings. The van der Waals surface area contributed by atoms with Crippen molar-refractivity contribution in [2.75, 3.05) is 56.6 Å². The van der Waals surface area contributed by atoms with Crippen LogP contribution in [-0.4, -0.2) is 95.1 Å². The number of nitrogens with zero attached hydrogens (tertiary/aromatic N) is 6. The Kier molecular flexibility index (Phi) is 6.56. The minimum atomic E-state index is -4.84. The summed E-state index contributed by atoms with van der Waals surface area (Å²) in [6.07, 6.45) is -1.97. The van der Waals surface area contributed by atoms with Crippen LogP contribution < -0.4 is 25.4 Å². The summed E-state index contributed by atoms with van der Waals surface area (Å²) in [5.41, 5.74) is 2.96. The van der Waals surface area contributed by atoms with Crippen molar-refractivity contribution in [3.05, 3.63) is 23.1 Å². The Morgan fingerprint density at radius 2 is 2.02 bits per heavy atom. The third-order valence-corrected chi connectivity index (χ3v) is 9.88. The van der Waals surface area contributed by atoms with E-state index in [1.54, 1.807) is 0 Å². The van der Waals surface area contributed by atoms with Gasteiger partial charge in [0.25, 0.3) is 0 Å². The molecule has 15 heteroatoms. The lowest BCUT2D eigenvalue weighted by atomic mass is 10.0. The van der Waals surface area contributed by atoms with E-state index >= 15 is 4.39 Å². The van der Waals surface area contributed by atoms with E-state index in [1.807, 2.05) is 11.8 Å². The maximum Gasteiger partial charge on any atom is 0.418 e. The Morgan fingerprint density at radius 1 is 1.20 bits per heavy atom. The van der Waals surface area contributed by atoms with Crippen LogP contribution >= 0.6 is 0 Å². The highest BCUT2D eigenvalue weighted by Crippen LogP contribution is 2.49. The Labute approximate surface area is 256 Å². The molecule has 3 aromatic rings. The minimum absolute atomic E-state index is 0.0367. The molecular formula is C30H34F4N8O3. The van der Waals surface area contributed by atoms with Crippen LogP contribution in [0.15, 0.2) is 6.07 Å². The lowest BCUT2D eigenvalue weighted by Crippen LogP contribution is -2.56. The quantitative estimate of drug-likeness (QED) is 0.390. The van der Waals surface area contributed by atoms with E-state index in [2.05, 4.69) is 25.2 Å². The van der Waals surface area contributed by atoms with Gasteiger partial charge in [0.15, 0.2) is 5.82 Å². The fraction of sp³-hybridized carbons (Fsp3) is 0.600. The molecule has 8 rings (SSSR count). The van der Waals surface area contributed by atoms with Gasteiger partial charge in [-0.1, -0.05) is 0 Å². The van der Waals surface area contributed by atoms with Gasteiger partial charge in [0.2, 0.25) is 5.88 Å². The van der Waals surface area contributed by atoms with E-state index in [-0.39, 0.29) is 45.8 Å². The fourth-order valence-electron chi connectivity index (χ4n) is 7.39. The molecule has 2 bridgehead atoms. The first-order chi connectivity index (χ1) is 21.5. The molecule has 3 aromatic heterocycles. The summed E-state index contributed by atoms with van der Waals surface area (Å²) in [5, 5.41) is 3.55. The van der Waals surface area contributed by atoms with E-state index in [0.717, 1.165) is 45.0 Å². The number of fused-ring (bicyclic) bond motifs is 4. The summed E-state index contributed by atoms with van der Waals surface area (Å²) in [6, 6.07) is 1.18. The second kappa shape index (κ2) is 10.2. The summed E-state index contributed by atoms with van der Waals surface area (Å²) in [6.45, 7) is 7.68. The third kappa shape index (κ3) is 4.90. The van der Waals surface area contributed by atoms with E-state index < -0.39 is 34.9 Å². The lowest BCUT2D eigenvalue weighted by molar-refractivity contribution is -0.137. The van der Waals surface area contributed by atoms with E-state index in [1.165, 1.54) is 6.92 Å². The first-order valence-electron chi connectivity index (χ1n) is 15.4. The molecule has 0 spiro atoms. The second-order valence-corrected chi connectivity index (χ2v) is 13.0. The number of hydrogen-bond donors (Lipinski definition) is 2. The summed E-state index contributed by atoms with van der Waals surface area (Å²) in [4.78, 5) is 21.9. The summed E-state index contributed by atoms with van der Waals surface area (Å²) >= 11 is 0. The lowest BCUT2D eigenvalue weighted by Gasteiger charge is -2.38. The smallest absolute Gasteiger partial charge is 0.418 e. The molecule has 4 aliphatic heterocycles. The molecule has 3 N–H and O–H groups in total. The average Bonchev–Trinajstić information content (AvgIpc) is 3.46. The molecule has 0 unspecified atom stereocenters. The van der Waals surface area contributed by atoms with Crippen LogP contribution in [0.2, 0.25) is 0 Å². The number of ether oxygens (including phenoxy) is 3. The van der Waals surface area contributed by atoms with Crippen molar-refractivity contribution in [1.82, 2.24) is 30.2 Å². The highest BCUT2D eigenvalue weighted by Gasteiger charge is 2.49. The Balaban J connectivity index is 1.24. The number of anilines is 2. The maximum absolute atomic E-state index is 16.6. The van der Waals surface area contributed by atoms with Crippen molar-refractivity contribution in [2.24, 2.45) is 5.41 Å². The highest BCUT2D eigenvalue weighted by molar-refractivity contribution is 5.97. The normalized spacial score (nSPS) is 26.9. The average molecular weight is 631 g/mol. The molecule has 5 aliphatic rings. The second-order valence-electron chi connectivity index (χ2n) is 13.0. The van der Waals surface area contributed by atoms with Crippen molar-refractivity contribution < 1.29 is 31.8 Å². The number of rotatable bonds is 6. The number of nitrogens with two attached hydrogens (primary N) is 1. The van der Waals surface area contributed by atoms with Gasteiger partial charge in [0.05, 0.1) is 36.6 Å². The number of piperazine rings is 1. The fourth-order valence-corrected chi connectivity index (χ4v) is 7.39. The van der Waals surface area contributed by atoms with Gasteiger partial charge >= 0.3 is 12.2 Å². The molecule has 0 amide bonds. The molecule has 1 aliphatic carbocycles.